The Labute approximate surface area is 223 Å². The molecule has 0 bridgehead atoms. The van der Waals surface area contributed by atoms with Crippen LogP contribution in [0.3, 0.4) is 0 Å². The van der Waals surface area contributed by atoms with Crippen LogP contribution < -0.4 is 10.6 Å². The van der Waals surface area contributed by atoms with E-state index in [1.807, 2.05) is 44.4 Å². The van der Waals surface area contributed by atoms with Crippen molar-refractivity contribution in [2.24, 2.45) is 5.92 Å². The van der Waals surface area contributed by atoms with Gasteiger partial charge in [-0.2, -0.15) is 0 Å². The normalized spacial score (nSPS) is 12.0. The van der Waals surface area contributed by atoms with Crippen molar-refractivity contribution in [1.82, 2.24) is 20.1 Å². The lowest BCUT2D eigenvalue weighted by atomic mass is 10.0. The Hall–Kier alpha value is -2.26. The molecule has 35 heavy (non-hydrogen) atoms. The second-order valence-corrected chi connectivity index (χ2v) is 10.4. The zero-order valence-electron chi connectivity index (χ0n) is 19.7. The summed E-state index contributed by atoms with van der Waals surface area (Å²) in [5, 5.41) is 15.9. The second-order valence-electron chi connectivity index (χ2n) is 8.23. The zero-order chi connectivity index (χ0) is 25.7. The van der Waals surface area contributed by atoms with E-state index in [0.717, 1.165) is 5.56 Å². The third kappa shape index (κ3) is 6.91. The highest BCUT2D eigenvalue weighted by molar-refractivity contribution is 7.99. The summed E-state index contributed by atoms with van der Waals surface area (Å²) in [6.07, 6.45) is 0. The summed E-state index contributed by atoms with van der Waals surface area (Å²) in [4.78, 5) is 25.4. The van der Waals surface area contributed by atoms with Gasteiger partial charge in [-0.15, -0.1) is 10.2 Å². The summed E-state index contributed by atoms with van der Waals surface area (Å²) >= 11 is 19.5. The molecule has 7 nitrogen and oxygen atoms in total. The molecule has 0 aliphatic heterocycles. The van der Waals surface area contributed by atoms with Gasteiger partial charge in [0.25, 0.3) is 5.91 Å². The van der Waals surface area contributed by atoms with Crippen LogP contribution in [0.5, 0.6) is 0 Å². The molecule has 3 aromatic rings. The van der Waals surface area contributed by atoms with E-state index in [0.29, 0.717) is 33.8 Å². The fraction of sp³-hybridized carbons (Fsp3) is 0.333. The van der Waals surface area contributed by atoms with Gasteiger partial charge in [-0.1, -0.05) is 78.1 Å². The molecular weight excluding hydrogens is 529 g/mol. The number of nitrogens with one attached hydrogen (secondary N) is 2. The maximum atomic E-state index is 12.9. The molecule has 0 spiro atoms. The minimum absolute atomic E-state index is 0.0641. The van der Waals surface area contributed by atoms with Crippen molar-refractivity contribution in [3.05, 3.63) is 68.4 Å². The monoisotopic (exact) mass is 553 g/mol. The minimum atomic E-state index is -0.355. The maximum Gasteiger partial charge on any atom is 0.251 e. The number of amides is 2. The summed E-state index contributed by atoms with van der Waals surface area (Å²) in [5.41, 5.74) is 1.97. The van der Waals surface area contributed by atoms with Crippen molar-refractivity contribution in [2.75, 3.05) is 11.1 Å². The summed E-state index contributed by atoms with van der Waals surface area (Å²) in [7, 11) is 0. The van der Waals surface area contributed by atoms with E-state index < -0.39 is 0 Å². The Bertz CT molecular complexity index is 1190. The van der Waals surface area contributed by atoms with Crippen LogP contribution >= 0.6 is 46.6 Å². The van der Waals surface area contributed by atoms with E-state index in [4.69, 9.17) is 34.8 Å². The Morgan fingerprint density at radius 1 is 1.06 bits per heavy atom. The van der Waals surface area contributed by atoms with Gasteiger partial charge in [0.2, 0.25) is 5.91 Å². The highest BCUT2D eigenvalue weighted by atomic mass is 35.5. The van der Waals surface area contributed by atoms with Gasteiger partial charge in [0.05, 0.1) is 27.5 Å². The number of anilines is 1. The summed E-state index contributed by atoms with van der Waals surface area (Å²) in [5.74, 6) is 0.278. The van der Waals surface area contributed by atoms with Crippen molar-refractivity contribution in [1.29, 1.82) is 0 Å². The Balaban J connectivity index is 1.72. The fourth-order valence-corrected chi connectivity index (χ4v) is 5.08. The van der Waals surface area contributed by atoms with Crippen LogP contribution in [0.2, 0.25) is 15.1 Å². The average molecular weight is 555 g/mol. The molecule has 2 aromatic carbocycles. The standard InChI is InChI=1S/C24H26Cl3N5O2S/c1-5-32-22(20(13(2)3)29-23(34)15-8-6-14(4)7-9-15)30-31-24(32)35-12-19(33)28-21-17(26)10-16(25)11-18(21)27/h6-11,13,20H,5,12H2,1-4H3,(H,28,33)(H,29,34)/t20-/m1/s1. The van der Waals surface area contributed by atoms with Gasteiger partial charge >= 0.3 is 0 Å². The van der Waals surface area contributed by atoms with Crippen LogP contribution in [0.25, 0.3) is 0 Å². The number of rotatable bonds is 9. The van der Waals surface area contributed by atoms with Crippen LogP contribution in [0.15, 0.2) is 41.6 Å². The third-order valence-corrected chi connectivity index (χ3v) is 6.99. The lowest BCUT2D eigenvalue weighted by Crippen LogP contribution is -2.33. The van der Waals surface area contributed by atoms with Gasteiger partial charge in [0.15, 0.2) is 11.0 Å². The number of aromatic nitrogens is 3. The van der Waals surface area contributed by atoms with Gasteiger partial charge in [-0.05, 0) is 44.0 Å². The largest absolute Gasteiger partial charge is 0.342 e. The van der Waals surface area contributed by atoms with Gasteiger partial charge < -0.3 is 15.2 Å². The van der Waals surface area contributed by atoms with Gasteiger partial charge in [0.1, 0.15) is 0 Å². The number of hydrogen-bond donors (Lipinski definition) is 2. The van der Waals surface area contributed by atoms with Crippen LogP contribution in [-0.4, -0.2) is 32.3 Å². The molecule has 0 aliphatic rings. The SMILES string of the molecule is CCn1c(SCC(=O)Nc2c(Cl)cc(Cl)cc2Cl)nnc1[C@H](NC(=O)c1ccc(C)cc1)C(C)C. The second kappa shape index (κ2) is 12.1. The molecular formula is C24H26Cl3N5O2S. The fourth-order valence-electron chi connectivity index (χ4n) is 3.36. The quantitative estimate of drug-likeness (QED) is 0.298. The molecule has 0 aliphatic carbocycles. The van der Waals surface area contributed by atoms with Gasteiger partial charge in [0, 0.05) is 17.1 Å². The van der Waals surface area contributed by atoms with E-state index >= 15 is 0 Å². The van der Waals surface area contributed by atoms with Crippen LogP contribution in [0.1, 0.15) is 48.6 Å². The van der Waals surface area contributed by atoms with Crippen LogP contribution in [0.4, 0.5) is 5.69 Å². The van der Waals surface area contributed by atoms with E-state index in [-0.39, 0.29) is 39.6 Å². The number of thioether (sulfide) groups is 1. The molecule has 2 amide bonds. The lowest BCUT2D eigenvalue weighted by molar-refractivity contribution is -0.113. The van der Waals surface area contributed by atoms with Crippen molar-refractivity contribution in [3.8, 4) is 0 Å². The van der Waals surface area contributed by atoms with Gasteiger partial charge in [-0.25, -0.2) is 0 Å². The lowest BCUT2D eigenvalue weighted by Gasteiger charge is -2.22. The van der Waals surface area contributed by atoms with Crippen molar-refractivity contribution in [2.45, 2.75) is 45.4 Å². The number of nitrogens with zero attached hydrogens (tertiary/aromatic N) is 3. The Morgan fingerprint density at radius 3 is 2.26 bits per heavy atom. The highest BCUT2D eigenvalue weighted by Gasteiger charge is 2.26. The number of aryl methyl sites for hydroxylation is 1. The summed E-state index contributed by atoms with van der Waals surface area (Å²) in [6, 6.07) is 10.1. The molecule has 0 radical (unpaired) electrons. The predicted molar refractivity (Wildman–Crippen MR) is 143 cm³/mol. The molecule has 0 fully saturated rings. The van der Waals surface area contributed by atoms with E-state index in [2.05, 4.69) is 20.8 Å². The average Bonchev–Trinajstić information content (AvgIpc) is 3.21. The first kappa shape index (κ1) is 27.3. The van der Waals surface area contributed by atoms with Crippen molar-refractivity contribution in [3.63, 3.8) is 0 Å². The first-order valence-electron chi connectivity index (χ1n) is 11.0. The molecule has 1 atom stereocenters. The molecule has 2 N–H and O–H groups in total. The number of benzene rings is 2. The first-order valence-corrected chi connectivity index (χ1v) is 13.1. The van der Waals surface area contributed by atoms with E-state index in [9.17, 15) is 9.59 Å². The van der Waals surface area contributed by atoms with Crippen LogP contribution in [0, 0.1) is 12.8 Å². The van der Waals surface area contributed by atoms with Crippen LogP contribution in [-0.2, 0) is 11.3 Å². The summed E-state index contributed by atoms with van der Waals surface area (Å²) < 4.78 is 1.90. The highest BCUT2D eigenvalue weighted by Crippen LogP contribution is 2.34. The predicted octanol–water partition coefficient (Wildman–Crippen LogP) is 6.42. The smallest absolute Gasteiger partial charge is 0.251 e. The molecule has 186 valence electrons. The molecule has 0 unspecified atom stereocenters. The molecule has 3 rings (SSSR count). The third-order valence-electron chi connectivity index (χ3n) is 5.21. The number of carbonyl (C=O) groups excluding carboxylic acids is 2. The summed E-state index contributed by atoms with van der Waals surface area (Å²) in [6.45, 7) is 8.53. The number of halogens is 3. The van der Waals surface area contributed by atoms with E-state index in [1.54, 1.807) is 12.1 Å². The molecule has 1 heterocycles. The van der Waals surface area contributed by atoms with E-state index in [1.165, 1.54) is 23.9 Å². The minimum Gasteiger partial charge on any atom is -0.342 e. The zero-order valence-corrected chi connectivity index (χ0v) is 22.8. The topological polar surface area (TPSA) is 88.9 Å². The molecule has 0 saturated carbocycles. The molecule has 1 aromatic heterocycles. The van der Waals surface area contributed by atoms with Crippen molar-refractivity contribution < 1.29 is 9.59 Å². The maximum absolute atomic E-state index is 12.9. The Morgan fingerprint density at radius 2 is 1.69 bits per heavy atom. The van der Waals surface area contributed by atoms with Crippen molar-refractivity contribution >= 4 is 64.1 Å². The number of hydrogen-bond acceptors (Lipinski definition) is 5. The molecule has 11 heteroatoms. The first-order chi connectivity index (χ1) is 16.6. The Kier molecular flexibility index (Phi) is 9.47. The van der Waals surface area contributed by atoms with Gasteiger partial charge in [-0.3, -0.25) is 9.59 Å². The number of carbonyl (C=O) groups is 2. The molecule has 0 saturated heterocycles.